The molecule has 0 atom stereocenters. The van der Waals surface area contributed by atoms with E-state index in [0.717, 1.165) is 4.90 Å². The van der Waals surface area contributed by atoms with E-state index < -0.39 is 0 Å². The van der Waals surface area contributed by atoms with E-state index in [0.29, 0.717) is 0 Å². The first kappa shape index (κ1) is 13.3. The van der Waals surface area contributed by atoms with Gasteiger partial charge in [-0.3, -0.25) is 0 Å². The summed E-state index contributed by atoms with van der Waals surface area (Å²) >= 11 is 4.08. The molecule has 14 heavy (non-hydrogen) atoms. The van der Waals surface area contributed by atoms with Crippen LogP contribution in [-0.2, 0) is 0 Å². The highest BCUT2D eigenvalue weighted by molar-refractivity contribution is 7.80. The Hall–Kier alpha value is -0.690. The predicted molar refractivity (Wildman–Crippen MR) is 68.0 cm³/mol. The van der Waals surface area contributed by atoms with Gasteiger partial charge in [-0.2, -0.15) is 0 Å². The Morgan fingerprint density at radius 1 is 0.857 bits per heavy atom. The minimum absolute atomic E-state index is 0. The first-order valence-electron chi connectivity index (χ1n) is 4.78. The van der Waals surface area contributed by atoms with Crippen LogP contribution in [0.25, 0.3) is 0 Å². The predicted octanol–water partition coefficient (Wildman–Crippen LogP) is 4.73. The van der Waals surface area contributed by atoms with E-state index in [2.05, 4.69) is 24.8 Å². The fourth-order valence-electron chi connectivity index (χ4n) is 1.19. The molecule has 0 saturated carbocycles. The lowest BCUT2D eigenvalue weighted by molar-refractivity contribution is 0.730. The number of thiol groups is 1. The summed E-state index contributed by atoms with van der Waals surface area (Å²) in [5.74, 6) is 0. The Kier molecular flexibility index (Phi) is 8.45. The minimum atomic E-state index is 0. The molecule has 0 amide bonds. The molecule has 1 aromatic rings. The van der Waals surface area contributed by atoms with Crippen LogP contribution in [-0.4, -0.2) is 0 Å². The number of hydrogen-bond donors (Lipinski definition) is 1. The Labute approximate surface area is 93.5 Å². The summed E-state index contributed by atoms with van der Waals surface area (Å²) < 4.78 is 0. The van der Waals surface area contributed by atoms with Crippen LogP contribution in [0.4, 0.5) is 0 Å². The summed E-state index contributed by atoms with van der Waals surface area (Å²) in [5.41, 5.74) is 0. The highest BCUT2D eigenvalue weighted by Gasteiger charge is 1.87. The molecule has 1 aliphatic carbocycles. The second kappa shape index (κ2) is 8.89. The first-order chi connectivity index (χ1) is 6.39. The standard InChI is InChI=1S/C6H6S.C6H10.CH4/c7-6-4-2-1-3-5-6;1-2-4-6-5-3-1;/h1-5,7H;1-2H,3-6H2;1H4. The summed E-state index contributed by atoms with van der Waals surface area (Å²) in [5, 5.41) is 0. The van der Waals surface area contributed by atoms with Gasteiger partial charge in [0, 0.05) is 4.90 Å². The molecule has 0 radical (unpaired) electrons. The Bertz CT molecular complexity index is 231. The van der Waals surface area contributed by atoms with Crippen molar-refractivity contribution in [1.82, 2.24) is 0 Å². The Morgan fingerprint density at radius 2 is 1.36 bits per heavy atom. The summed E-state index contributed by atoms with van der Waals surface area (Å²) in [7, 11) is 0. The van der Waals surface area contributed by atoms with Crippen molar-refractivity contribution in [3.05, 3.63) is 42.5 Å². The number of benzene rings is 1. The SMILES string of the molecule is C.C1=CCCCC1.Sc1ccccc1. The highest BCUT2D eigenvalue weighted by atomic mass is 32.1. The summed E-state index contributed by atoms with van der Waals surface area (Å²) in [4.78, 5) is 1.02. The van der Waals surface area contributed by atoms with E-state index in [1.165, 1.54) is 25.7 Å². The fourth-order valence-corrected chi connectivity index (χ4v) is 1.36. The molecule has 78 valence electrons. The molecule has 0 unspecified atom stereocenters. The van der Waals surface area contributed by atoms with Gasteiger partial charge in [0.05, 0.1) is 0 Å². The molecule has 1 aliphatic rings. The lowest BCUT2D eigenvalue weighted by Gasteiger charge is -1.97. The van der Waals surface area contributed by atoms with E-state index in [1.807, 2.05) is 30.3 Å². The largest absolute Gasteiger partial charge is 0.143 e. The van der Waals surface area contributed by atoms with E-state index in [9.17, 15) is 0 Å². The van der Waals surface area contributed by atoms with Crippen molar-refractivity contribution in [2.75, 3.05) is 0 Å². The molecule has 0 aromatic heterocycles. The van der Waals surface area contributed by atoms with Crippen LogP contribution in [0, 0.1) is 0 Å². The second-order valence-electron chi connectivity index (χ2n) is 3.09. The third kappa shape index (κ3) is 6.79. The average molecular weight is 208 g/mol. The van der Waals surface area contributed by atoms with Crippen molar-refractivity contribution in [3.8, 4) is 0 Å². The molecular weight excluding hydrogens is 188 g/mol. The molecule has 1 heteroatoms. The van der Waals surface area contributed by atoms with Crippen molar-refractivity contribution in [2.24, 2.45) is 0 Å². The van der Waals surface area contributed by atoms with Gasteiger partial charge in [0.15, 0.2) is 0 Å². The summed E-state index contributed by atoms with van der Waals surface area (Å²) in [6, 6.07) is 9.79. The molecule has 0 spiro atoms. The zero-order valence-corrected chi connectivity index (χ0v) is 8.71. The van der Waals surface area contributed by atoms with Gasteiger partial charge in [-0.25, -0.2) is 0 Å². The van der Waals surface area contributed by atoms with Gasteiger partial charge in [0.1, 0.15) is 0 Å². The van der Waals surface area contributed by atoms with Crippen molar-refractivity contribution in [3.63, 3.8) is 0 Å². The van der Waals surface area contributed by atoms with Gasteiger partial charge in [-0.15, -0.1) is 12.6 Å². The zero-order chi connectivity index (χ0) is 9.36. The van der Waals surface area contributed by atoms with Crippen molar-refractivity contribution >= 4 is 12.6 Å². The van der Waals surface area contributed by atoms with Crippen LogP contribution in [0.15, 0.2) is 47.4 Å². The van der Waals surface area contributed by atoms with Gasteiger partial charge in [-0.05, 0) is 37.8 Å². The quantitative estimate of drug-likeness (QED) is 0.462. The summed E-state index contributed by atoms with van der Waals surface area (Å²) in [6.07, 6.45) is 10.0. The third-order valence-electron chi connectivity index (χ3n) is 1.91. The topological polar surface area (TPSA) is 0 Å². The monoisotopic (exact) mass is 208 g/mol. The van der Waals surface area contributed by atoms with Crippen LogP contribution in [0.2, 0.25) is 0 Å². The van der Waals surface area contributed by atoms with E-state index >= 15 is 0 Å². The van der Waals surface area contributed by atoms with Gasteiger partial charge in [-0.1, -0.05) is 37.8 Å². The number of allylic oxidation sites excluding steroid dienone is 2. The molecule has 0 saturated heterocycles. The molecule has 0 bridgehead atoms. The smallest absolute Gasteiger partial charge is 0.00399 e. The molecule has 1 aromatic carbocycles. The number of rotatable bonds is 0. The summed E-state index contributed by atoms with van der Waals surface area (Å²) in [6.45, 7) is 0. The van der Waals surface area contributed by atoms with Crippen LogP contribution in [0.1, 0.15) is 33.1 Å². The van der Waals surface area contributed by atoms with Gasteiger partial charge >= 0.3 is 0 Å². The van der Waals surface area contributed by atoms with Gasteiger partial charge in [0.2, 0.25) is 0 Å². The first-order valence-corrected chi connectivity index (χ1v) is 5.23. The maximum Gasteiger partial charge on any atom is 0.00399 e. The van der Waals surface area contributed by atoms with Crippen LogP contribution in [0.5, 0.6) is 0 Å². The Morgan fingerprint density at radius 3 is 1.57 bits per heavy atom. The lowest BCUT2D eigenvalue weighted by Crippen LogP contribution is -1.77. The zero-order valence-electron chi connectivity index (χ0n) is 7.82. The maximum absolute atomic E-state index is 4.08. The van der Waals surface area contributed by atoms with Crippen LogP contribution >= 0.6 is 12.6 Å². The minimum Gasteiger partial charge on any atom is -0.143 e. The van der Waals surface area contributed by atoms with Crippen molar-refractivity contribution in [1.29, 1.82) is 0 Å². The maximum atomic E-state index is 4.08. The van der Waals surface area contributed by atoms with Crippen molar-refractivity contribution < 1.29 is 0 Å². The van der Waals surface area contributed by atoms with E-state index in [4.69, 9.17) is 0 Å². The highest BCUT2D eigenvalue weighted by Crippen LogP contribution is 2.07. The molecule has 0 aliphatic heterocycles. The van der Waals surface area contributed by atoms with Gasteiger partial charge < -0.3 is 0 Å². The molecular formula is C13H20S. The third-order valence-corrected chi connectivity index (χ3v) is 2.21. The van der Waals surface area contributed by atoms with Crippen LogP contribution in [0.3, 0.4) is 0 Å². The molecule has 2 rings (SSSR count). The normalized spacial score (nSPS) is 13.5. The molecule has 0 nitrogen and oxygen atoms in total. The second-order valence-corrected chi connectivity index (χ2v) is 3.61. The van der Waals surface area contributed by atoms with Crippen LogP contribution < -0.4 is 0 Å². The molecule has 0 fully saturated rings. The lowest BCUT2D eigenvalue weighted by atomic mass is 10.1. The van der Waals surface area contributed by atoms with E-state index in [-0.39, 0.29) is 7.43 Å². The fraction of sp³-hybridized carbons (Fsp3) is 0.385. The Balaban J connectivity index is 0.000000227. The number of hydrogen-bond acceptors (Lipinski definition) is 1. The van der Waals surface area contributed by atoms with Gasteiger partial charge in [0.25, 0.3) is 0 Å². The molecule has 0 heterocycles. The molecule has 0 N–H and O–H groups in total. The average Bonchev–Trinajstić information content (AvgIpc) is 2.22. The van der Waals surface area contributed by atoms with E-state index in [1.54, 1.807) is 0 Å². The van der Waals surface area contributed by atoms with Crippen molar-refractivity contribution in [2.45, 2.75) is 38.0 Å².